The van der Waals surface area contributed by atoms with Crippen LogP contribution in [0.25, 0.3) is 32.8 Å². The lowest BCUT2D eigenvalue weighted by molar-refractivity contribution is 0.0263. The maximum absolute atomic E-state index is 16.8. The Balaban J connectivity index is 1.37. The molecule has 0 radical (unpaired) electrons. The number of aromatic hydroxyl groups is 1. The van der Waals surface area contributed by atoms with Crippen molar-refractivity contribution in [1.82, 2.24) is 14.9 Å². The Bertz CT molecular complexity index is 1870. The van der Waals surface area contributed by atoms with Crippen LogP contribution in [0.1, 0.15) is 45.1 Å². The molecule has 234 valence electrons. The average molecular weight is 617 g/mol. The van der Waals surface area contributed by atoms with Gasteiger partial charge in [0, 0.05) is 48.3 Å². The zero-order valence-corrected chi connectivity index (χ0v) is 25.3. The molecular weight excluding hydrogens is 581 g/mol. The van der Waals surface area contributed by atoms with Crippen molar-refractivity contribution in [3.05, 3.63) is 53.6 Å². The summed E-state index contributed by atoms with van der Waals surface area (Å²) >= 11 is 0. The lowest BCUT2D eigenvalue weighted by atomic mass is 9.90. The monoisotopic (exact) mass is 616 g/mol. The minimum atomic E-state index is -0.930. The molecule has 0 unspecified atom stereocenters. The van der Waals surface area contributed by atoms with Crippen LogP contribution < -0.4 is 9.64 Å². The number of aliphatic hydroxyl groups is 1. The van der Waals surface area contributed by atoms with Gasteiger partial charge in [-0.3, -0.25) is 4.90 Å². The van der Waals surface area contributed by atoms with Crippen LogP contribution in [0.4, 0.5) is 19.0 Å². The van der Waals surface area contributed by atoms with E-state index in [-0.39, 0.29) is 46.5 Å². The molecule has 7 rings (SSSR count). The van der Waals surface area contributed by atoms with Crippen LogP contribution in [-0.4, -0.2) is 75.2 Å². The smallest absolute Gasteiger partial charge is 0.319 e. The zero-order chi connectivity index (χ0) is 31.7. The van der Waals surface area contributed by atoms with Gasteiger partial charge < -0.3 is 19.8 Å². The number of hydrogen-bond acceptors (Lipinski definition) is 7. The number of rotatable bonds is 6. The normalized spacial score (nSPS) is 23.6. The quantitative estimate of drug-likeness (QED) is 0.259. The van der Waals surface area contributed by atoms with E-state index >= 15 is 4.39 Å². The molecule has 2 N–H and O–H groups in total. The van der Waals surface area contributed by atoms with Crippen molar-refractivity contribution in [1.29, 1.82) is 0 Å². The van der Waals surface area contributed by atoms with Gasteiger partial charge in [-0.15, -0.1) is 6.42 Å². The molecule has 0 bridgehead atoms. The SMILES string of the molecule is C#Cc1c(F)ccc2cc(O)cc(-c3ccc4c(N5CC[C@@H](C(C)(C)O)C5)nc(OC[C@@]56CCCN5C[C@H](F)C6)nc4c3F)c12. The summed E-state index contributed by atoms with van der Waals surface area (Å²) in [6.45, 7) is 5.99. The Morgan fingerprint density at radius 1 is 1.11 bits per heavy atom. The van der Waals surface area contributed by atoms with Crippen molar-refractivity contribution in [2.45, 2.75) is 56.8 Å². The second kappa shape index (κ2) is 10.8. The molecule has 3 saturated heterocycles. The van der Waals surface area contributed by atoms with E-state index in [4.69, 9.17) is 16.1 Å². The molecule has 0 aliphatic carbocycles. The number of terminal acetylenes is 1. The second-order valence-corrected chi connectivity index (χ2v) is 13.3. The Kier molecular flexibility index (Phi) is 7.10. The van der Waals surface area contributed by atoms with Gasteiger partial charge in [-0.05, 0) is 74.9 Å². The predicted octanol–water partition coefficient (Wildman–Crippen LogP) is 5.97. The first-order valence-electron chi connectivity index (χ1n) is 15.4. The Labute approximate surface area is 259 Å². The van der Waals surface area contributed by atoms with E-state index in [9.17, 15) is 19.0 Å². The maximum atomic E-state index is 16.8. The standard InChI is InChI=1S/C35H35F3N4O3/c1-4-24-28(37)9-6-20-14-23(43)15-27(29(20)24)25-7-8-26-31(30(25)38)39-33(40-32(26)41-13-10-21(17-41)34(2,3)44)45-19-35-11-5-12-42(35)18-22(36)16-35/h1,6-9,14-15,21-22,43-44H,5,10-13,16-19H2,2-3H3/t21-,22-,35+/m1/s1. The molecule has 3 atom stereocenters. The minimum Gasteiger partial charge on any atom is -0.508 e. The topological polar surface area (TPSA) is 82.0 Å². The summed E-state index contributed by atoms with van der Waals surface area (Å²) in [5, 5.41) is 22.4. The van der Waals surface area contributed by atoms with E-state index in [1.54, 1.807) is 26.0 Å². The van der Waals surface area contributed by atoms with Crippen molar-refractivity contribution in [3.8, 4) is 35.2 Å². The highest BCUT2D eigenvalue weighted by Crippen LogP contribution is 2.43. The molecule has 3 aromatic carbocycles. The number of nitrogens with zero attached hydrogens (tertiary/aromatic N) is 4. The summed E-state index contributed by atoms with van der Waals surface area (Å²) < 4.78 is 52.2. The number of aromatic nitrogens is 2. The van der Waals surface area contributed by atoms with E-state index in [1.165, 1.54) is 24.3 Å². The molecule has 1 aromatic heterocycles. The number of halogens is 3. The Hall–Kier alpha value is -4.07. The molecule has 4 aromatic rings. The first-order valence-corrected chi connectivity index (χ1v) is 15.4. The molecule has 10 heteroatoms. The van der Waals surface area contributed by atoms with Gasteiger partial charge in [0.05, 0.1) is 16.7 Å². The molecule has 0 spiro atoms. The first kappa shape index (κ1) is 29.6. The number of alkyl halides is 1. The van der Waals surface area contributed by atoms with Gasteiger partial charge in [-0.25, -0.2) is 13.2 Å². The second-order valence-electron chi connectivity index (χ2n) is 13.3. The summed E-state index contributed by atoms with van der Waals surface area (Å²) in [7, 11) is 0. The van der Waals surface area contributed by atoms with Crippen LogP contribution in [0, 0.1) is 29.9 Å². The average Bonchev–Trinajstić information content (AvgIpc) is 3.71. The van der Waals surface area contributed by atoms with Crippen LogP contribution >= 0.6 is 0 Å². The van der Waals surface area contributed by atoms with Crippen molar-refractivity contribution >= 4 is 27.5 Å². The van der Waals surface area contributed by atoms with Gasteiger partial charge in [0.2, 0.25) is 0 Å². The lowest BCUT2D eigenvalue weighted by Gasteiger charge is -2.31. The Morgan fingerprint density at radius 3 is 2.69 bits per heavy atom. The van der Waals surface area contributed by atoms with Crippen molar-refractivity contribution in [2.24, 2.45) is 5.92 Å². The van der Waals surface area contributed by atoms with Gasteiger partial charge in [0.1, 0.15) is 35.7 Å². The van der Waals surface area contributed by atoms with E-state index in [1.807, 2.05) is 4.90 Å². The molecular formula is C35H35F3N4O3. The number of fused-ring (bicyclic) bond motifs is 3. The number of hydrogen-bond donors (Lipinski definition) is 2. The fourth-order valence-electron chi connectivity index (χ4n) is 7.59. The molecule has 7 nitrogen and oxygen atoms in total. The number of anilines is 1. The predicted molar refractivity (Wildman–Crippen MR) is 167 cm³/mol. The van der Waals surface area contributed by atoms with E-state index in [2.05, 4.69) is 15.8 Å². The van der Waals surface area contributed by atoms with E-state index in [0.29, 0.717) is 48.0 Å². The summed E-state index contributed by atoms with van der Waals surface area (Å²) in [5.74, 6) is 1.36. The highest BCUT2D eigenvalue weighted by molar-refractivity contribution is 6.04. The van der Waals surface area contributed by atoms with E-state index in [0.717, 1.165) is 25.8 Å². The fourth-order valence-corrected chi connectivity index (χ4v) is 7.59. The third-order valence-corrected chi connectivity index (χ3v) is 9.97. The molecule has 3 aliphatic heterocycles. The van der Waals surface area contributed by atoms with Crippen LogP contribution in [0.5, 0.6) is 11.8 Å². The highest BCUT2D eigenvalue weighted by atomic mass is 19.1. The molecule has 0 saturated carbocycles. The number of phenolic OH excluding ortho intramolecular Hbond substituents is 1. The lowest BCUT2D eigenvalue weighted by Crippen LogP contribution is -2.43. The van der Waals surface area contributed by atoms with Crippen LogP contribution in [0.3, 0.4) is 0 Å². The molecule has 4 heterocycles. The van der Waals surface area contributed by atoms with Gasteiger partial charge in [-0.2, -0.15) is 9.97 Å². The summed E-state index contributed by atoms with van der Waals surface area (Å²) in [5.41, 5.74) is -1.10. The third-order valence-electron chi connectivity index (χ3n) is 9.97. The van der Waals surface area contributed by atoms with Crippen LogP contribution in [0.2, 0.25) is 0 Å². The van der Waals surface area contributed by atoms with Gasteiger partial charge in [-0.1, -0.05) is 18.1 Å². The molecule has 3 fully saturated rings. The van der Waals surface area contributed by atoms with Crippen molar-refractivity contribution in [3.63, 3.8) is 0 Å². The van der Waals surface area contributed by atoms with Crippen molar-refractivity contribution in [2.75, 3.05) is 37.7 Å². The van der Waals surface area contributed by atoms with Gasteiger partial charge in [0.15, 0.2) is 5.82 Å². The largest absolute Gasteiger partial charge is 0.508 e. The number of benzene rings is 3. The van der Waals surface area contributed by atoms with Gasteiger partial charge in [0.25, 0.3) is 0 Å². The highest BCUT2D eigenvalue weighted by Gasteiger charge is 2.49. The van der Waals surface area contributed by atoms with Gasteiger partial charge >= 0.3 is 6.01 Å². The number of ether oxygens (including phenoxy) is 1. The van der Waals surface area contributed by atoms with Crippen LogP contribution in [-0.2, 0) is 0 Å². The summed E-state index contributed by atoms with van der Waals surface area (Å²) in [4.78, 5) is 13.4. The summed E-state index contributed by atoms with van der Waals surface area (Å²) in [6, 6.07) is 8.76. The maximum Gasteiger partial charge on any atom is 0.319 e. The first-order chi connectivity index (χ1) is 21.5. The minimum absolute atomic E-state index is 0.00932. The van der Waals surface area contributed by atoms with E-state index < -0.39 is 28.9 Å². The molecule has 45 heavy (non-hydrogen) atoms. The fraction of sp³-hybridized carbons (Fsp3) is 0.429. The molecule has 3 aliphatic rings. The Morgan fingerprint density at radius 2 is 1.93 bits per heavy atom. The third kappa shape index (κ3) is 5.02. The molecule has 0 amide bonds. The summed E-state index contributed by atoms with van der Waals surface area (Å²) in [6.07, 6.45) is 7.57. The number of phenols is 1. The van der Waals surface area contributed by atoms with Crippen molar-refractivity contribution < 1.29 is 28.1 Å². The van der Waals surface area contributed by atoms with Crippen LogP contribution in [0.15, 0.2) is 36.4 Å². The zero-order valence-electron chi connectivity index (χ0n) is 25.3.